The third-order valence-corrected chi connectivity index (χ3v) is 7.68. The molecule has 0 unspecified atom stereocenters. The molecule has 0 saturated heterocycles. The Kier molecular flexibility index (Phi) is 15.1. The third kappa shape index (κ3) is 11.3. The van der Waals surface area contributed by atoms with E-state index in [0.717, 1.165) is 42.6 Å². The summed E-state index contributed by atoms with van der Waals surface area (Å²) in [5.74, 6) is 0.142. The number of benzene rings is 3. The molecule has 3 N–H and O–H groups in total. The van der Waals surface area contributed by atoms with Gasteiger partial charge >= 0.3 is 0 Å². The lowest BCUT2D eigenvalue weighted by molar-refractivity contribution is 0.0944. The smallest absolute Gasteiger partial charge is 0.251 e. The predicted molar refractivity (Wildman–Crippen MR) is 180 cm³/mol. The Bertz CT molecular complexity index is 1170. The van der Waals surface area contributed by atoms with E-state index in [2.05, 4.69) is 24.5 Å². The summed E-state index contributed by atoms with van der Waals surface area (Å²) >= 11 is 0. The van der Waals surface area contributed by atoms with Crippen LogP contribution >= 0.6 is 0 Å². The van der Waals surface area contributed by atoms with Crippen LogP contribution in [0.5, 0.6) is 0 Å². The second kappa shape index (κ2) is 19.3. The summed E-state index contributed by atoms with van der Waals surface area (Å²) in [5, 5.41) is 15.1. The molecule has 0 aliphatic carbocycles. The van der Waals surface area contributed by atoms with Gasteiger partial charge in [0.2, 0.25) is 0 Å². The Morgan fingerprint density at radius 3 is 1.35 bits per heavy atom. The van der Waals surface area contributed by atoms with Crippen LogP contribution in [-0.4, -0.2) is 30.7 Å². The number of hydrogen-bond acceptors (Lipinski definition) is 3. The number of amidine groups is 1. The highest BCUT2D eigenvalue weighted by Gasteiger charge is 2.18. The zero-order valence-electron chi connectivity index (χ0n) is 26.2. The number of unbranched alkanes of at least 4 members (excludes halogenated alkanes) is 10. The second-order valence-electron chi connectivity index (χ2n) is 11.2. The Labute approximate surface area is 258 Å². The second-order valence-corrected chi connectivity index (χ2v) is 11.2. The fraction of sp³-hybridized carbons (Fsp3) is 0.432. The van der Waals surface area contributed by atoms with Gasteiger partial charge in [0.25, 0.3) is 11.8 Å². The molecule has 3 rings (SSSR count). The molecule has 6 heteroatoms. The van der Waals surface area contributed by atoms with Crippen LogP contribution in [0.2, 0.25) is 0 Å². The van der Waals surface area contributed by atoms with Crippen molar-refractivity contribution >= 4 is 29.0 Å². The number of carbonyl (C=O) groups excluding carboxylic acids is 2. The van der Waals surface area contributed by atoms with Crippen molar-refractivity contribution in [3.05, 3.63) is 95.6 Å². The lowest BCUT2D eigenvalue weighted by Gasteiger charge is -2.26. The molecule has 3 aromatic carbocycles. The number of anilines is 2. The van der Waals surface area contributed by atoms with Gasteiger partial charge in [0, 0.05) is 41.2 Å². The van der Waals surface area contributed by atoms with E-state index in [1.807, 2.05) is 59.5 Å². The molecule has 0 aromatic heterocycles. The van der Waals surface area contributed by atoms with Crippen LogP contribution in [0, 0.1) is 5.41 Å². The van der Waals surface area contributed by atoms with E-state index in [4.69, 9.17) is 5.41 Å². The molecule has 43 heavy (non-hydrogen) atoms. The Morgan fingerprint density at radius 1 is 0.535 bits per heavy atom. The van der Waals surface area contributed by atoms with Gasteiger partial charge in [0.1, 0.15) is 5.84 Å². The molecule has 0 bridgehead atoms. The van der Waals surface area contributed by atoms with Crippen molar-refractivity contribution in [2.75, 3.05) is 18.0 Å². The molecule has 0 atom stereocenters. The molecule has 0 aliphatic rings. The first-order valence-electron chi connectivity index (χ1n) is 16.3. The number of hydrogen-bond donors (Lipinski definition) is 3. The van der Waals surface area contributed by atoms with Crippen LogP contribution in [0.3, 0.4) is 0 Å². The lowest BCUT2D eigenvalue weighted by atomic mass is 10.1. The normalized spacial score (nSPS) is 10.7. The van der Waals surface area contributed by atoms with Crippen LogP contribution in [0.4, 0.5) is 11.4 Å². The number of nitrogens with one attached hydrogen (secondary N) is 3. The van der Waals surface area contributed by atoms with Crippen LogP contribution in [0.25, 0.3) is 0 Å². The van der Waals surface area contributed by atoms with Gasteiger partial charge in [-0.05, 0) is 61.4 Å². The standard InChI is InChI=1S/C37H50N4O2/c1-3-5-7-9-11-16-28-39-36(42)31-20-24-33(25-21-31)41(35(38)30-18-14-13-15-19-30)34-26-22-32(23-27-34)37(43)40-29-17-12-10-8-6-4-2/h13-15,18-27,38H,3-12,16-17,28-29H2,1-2H3,(H,39,42)(H,40,43). The van der Waals surface area contributed by atoms with Crippen molar-refractivity contribution in [1.82, 2.24) is 10.6 Å². The summed E-state index contributed by atoms with van der Waals surface area (Å²) in [5.41, 5.74) is 3.49. The average Bonchev–Trinajstić information content (AvgIpc) is 3.05. The van der Waals surface area contributed by atoms with Gasteiger partial charge in [0.15, 0.2) is 0 Å². The largest absolute Gasteiger partial charge is 0.352 e. The van der Waals surface area contributed by atoms with E-state index in [0.29, 0.717) is 30.1 Å². The molecule has 0 radical (unpaired) electrons. The first-order chi connectivity index (χ1) is 21.0. The molecule has 3 aromatic rings. The molecule has 0 aliphatic heterocycles. The van der Waals surface area contributed by atoms with Gasteiger partial charge in [0.05, 0.1) is 0 Å². The van der Waals surface area contributed by atoms with E-state index in [9.17, 15) is 9.59 Å². The average molecular weight is 583 g/mol. The van der Waals surface area contributed by atoms with Crippen molar-refractivity contribution in [2.24, 2.45) is 0 Å². The maximum atomic E-state index is 12.7. The highest BCUT2D eigenvalue weighted by atomic mass is 16.2. The Morgan fingerprint density at radius 2 is 0.930 bits per heavy atom. The Hall–Kier alpha value is -3.93. The minimum atomic E-state index is -0.0823. The minimum Gasteiger partial charge on any atom is -0.352 e. The summed E-state index contributed by atoms with van der Waals surface area (Å²) in [4.78, 5) is 27.3. The summed E-state index contributed by atoms with van der Waals surface area (Å²) in [6.07, 6.45) is 14.2. The molecule has 0 spiro atoms. The minimum absolute atomic E-state index is 0.0823. The molecule has 2 amide bonds. The number of nitrogens with zero attached hydrogens (tertiary/aromatic N) is 1. The number of carbonyl (C=O) groups is 2. The summed E-state index contributed by atoms with van der Waals surface area (Å²) in [6.45, 7) is 5.78. The highest BCUT2D eigenvalue weighted by molar-refractivity contribution is 6.12. The van der Waals surface area contributed by atoms with Crippen molar-refractivity contribution in [3.63, 3.8) is 0 Å². The van der Waals surface area contributed by atoms with Crippen molar-refractivity contribution in [1.29, 1.82) is 5.41 Å². The molecule has 0 heterocycles. The summed E-state index contributed by atoms with van der Waals surface area (Å²) < 4.78 is 0. The zero-order valence-corrected chi connectivity index (χ0v) is 26.2. The van der Waals surface area contributed by atoms with Gasteiger partial charge in [-0.2, -0.15) is 0 Å². The third-order valence-electron chi connectivity index (χ3n) is 7.68. The predicted octanol–water partition coefficient (Wildman–Crippen LogP) is 9.03. The van der Waals surface area contributed by atoms with Gasteiger partial charge in [-0.25, -0.2) is 0 Å². The SMILES string of the molecule is CCCCCCCCNC(=O)c1ccc(N(C(=N)c2ccccc2)c2ccc(C(=O)NCCCCCCCC)cc2)cc1. The molecular formula is C37H50N4O2. The molecule has 230 valence electrons. The van der Waals surface area contributed by atoms with Crippen molar-refractivity contribution in [2.45, 2.75) is 90.9 Å². The zero-order chi connectivity index (χ0) is 30.7. The van der Waals surface area contributed by atoms with Gasteiger partial charge in [-0.1, -0.05) is 108 Å². The summed E-state index contributed by atoms with van der Waals surface area (Å²) in [6, 6.07) is 24.3. The molecule has 6 nitrogen and oxygen atoms in total. The molecule has 0 fully saturated rings. The summed E-state index contributed by atoms with van der Waals surface area (Å²) in [7, 11) is 0. The topological polar surface area (TPSA) is 85.3 Å². The van der Waals surface area contributed by atoms with E-state index in [-0.39, 0.29) is 11.8 Å². The fourth-order valence-corrected chi connectivity index (χ4v) is 5.07. The van der Waals surface area contributed by atoms with Gasteiger partial charge < -0.3 is 10.6 Å². The molecule has 0 saturated carbocycles. The van der Waals surface area contributed by atoms with E-state index in [1.165, 1.54) is 51.4 Å². The van der Waals surface area contributed by atoms with Crippen LogP contribution in [0.1, 0.15) is 117 Å². The maximum absolute atomic E-state index is 12.7. The number of amides is 2. The van der Waals surface area contributed by atoms with Crippen LogP contribution < -0.4 is 15.5 Å². The van der Waals surface area contributed by atoms with Crippen LogP contribution in [0.15, 0.2) is 78.9 Å². The first-order valence-corrected chi connectivity index (χ1v) is 16.3. The van der Waals surface area contributed by atoms with Crippen LogP contribution in [-0.2, 0) is 0 Å². The first kappa shape index (κ1) is 33.6. The van der Waals surface area contributed by atoms with Gasteiger partial charge in [-0.15, -0.1) is 0 Å². The lowest BCUT2D eigenvalue weighted by Crippen LogP contribution is -2.27. The molecular weight excluding hydrogens is 532 g/mol. The van der Waals surface area contributed by atoms with E-state index >= 15 is 0 Å². The van der Waals surface area contributed by atoms with Crippen molar-refractivity contribution in [3.8, 4) is 0 Å². The number of rotatable bonds is 19. The van der Waals surface area contributed by atoms with E-state index in [1.54, 1.807) is 24.3 Å². The van der Waals surface area contributed by atoms with Gasteiger partial charge in [-0.3, -0.25) is 19.9 Å². The fourth-order valence-electron chi connectivity index (χ4n) is 5.07. The monoisotopic (exact) mass is 582 g/mol. The quantitative estimate of drug-likeness (QED) is 0.0749. The Balaban J connectivity index is 1.66. The van der Waals surface area contributed by atoms with Crippen molar-refractivity contribution < 1.29 is 9.59 Å². The maximum Gasteiger partial charge on any atom is 0.251 e. The van der Waals surface area contributed by atoms with E-state index < -0.39 is 0 Å². The highest BCUT2D eigenvalue weighted by Crippen LogP contribution is 2.28.